The molecule has 2 nitrogen and oxygen atoms in total. The SMILES string of the molecule is COC12C=C(C)C(CC=CC1=O)C2. The van der Waals surface area contributed by atoms with Gasteiger partial charge in [0.1, 0.15) is 5.60 Å². The zero-order chi connectivity index (χ0) is 9.47. The molecule has 0 amide bonds. The number of allylic oxidation sites excluding steroid dienone is 2. The smallest absolute Gasteiger partial charge is 0.191 e. The predicted octanol–water partition coefficient (Wildman–Crippen LogP) is 1.87. The molecule has 2 rings (SSSR count). The van der Waals surface area contributed by atoms with E-state index >= 15 is 0 Å². The number of methoxy groups -OCH3 is 1. The van der Waals surface area contributed by atoms with Crippen LogP contribution in [0.3, 0.4) is 0 Å². The molecule has 0 saturated carbocycles. The van der Waals surface area contributed by atoms with E-state index in [0.29, 0.717) is 5.92 Å². The van der Waals surface area contributed by atoms with Crippen LogP contribution in [0.2, 0.25) is 0 Å². The van der Waals surface area contributed by atoms with Gasteiger partial charge in [0.25, 0.3) is 0 Å². The van der Waals surface area contributed by atoms with Crippen LogP contribution in [0.25, 0.3) is 0 Å². The fourth-order valence-corrected chi connectivity index (χ4v) is 2.24. The summed E-state index contributed by atoms with van der Waals surface area (Å²) in [5, 5.41) is 0. The highest BCUT2D eigenvalue weighted by Gasteiger charge is 2.43. The largest absolute Gasteiger partial charge is 0.366 e. The summed E-state index contributed by atoms with van der Waals surface area (Å²) in [5.41, 5.74) is 0.654. The average Bonchev–Trinajstić information content (AvgIpc) is 2.34. The number of ketones is 1. The molecular weight excluding hydrogens is 164 g/mol. The van der Waals surface area contributed by atoms with E-state index in [2.05, 4.69) is 6.92 Å². The van der Waals surface area contributed by atoms with E-state index in [1.807, 2.05) is 12.2 Å². The normalized spacial score (nSPS) is 37.5. The summed E-state index contributed by atoms with van der Waals surface area (Å²) in [5.74, 6) is 0.594. The number of hydrogen-bond donors (Lipinski definition) is 0. The van der Waals surface area contributed by atoms with E-state index in [1.54, 1.807) is 13.2 Å². The summed E-state index contributed by atoms with van der Waals surface area (Å²) in [6.45, 7) is 2.08. The molecule has 70 valence electrons. The Bertz CT molecular complexity index is 301. The molecule has 2 unspecified atom stereocenters. The zero-order valence-electron chi connectivity index (χ0n) is 8.04. The van der Waals surface area contributed by atoms with Crippen LogP contribution < -0.4 is 0 Å². The third-order valence-corrected chi connectivity index (χ3v) is 3.13. The fourth-order valence-electron chi connectivity index (χ4n) is 2.24. The first-order valence-electron chi connectivity index (χ1n) is 4.63. The molecule has 13 heavy (non-hydrogen) atoms. The molecule has 0 aromatic heterocycles. The lowest BCUT2D eigenvalue weighted by Crippen LogP contribution is -2.35. The first-order chi connectivity index (χ1) is 6.18. The van der Waals surface area contributed by atoms with Gasteiger partial charge in [-0.05, 0) is 37.8 Å². The molecule has 2 bridgehead atoms. The average molecular weight is 178 g/mol. The number of carbonyl (C=O) groups excluding carboxylic acids is 1. The Hall–Kier alpha value is -0.890. The number of carbonyl (C=O) groups is 1. The van der Waals surface area contributed by atoms with Crippen molar-refractivity contribution in [3.8, 4) is 0 Å². The van der Waals surface area contributed by atoms with E-state index in [9.17, 15) is 4.79 Å². The first kappa shape index (κ1) is 8.70. The zero-order valence-corrected chi connectivity index (χ0v) is 8.04. The van der Waals surface area contributed by atoms with E-state index in [4.69, 9.17) is 4.74 Å². The van der Waals surface area contributed by atoms with Crippen molar-refractivity contribution in [3.63, 3.8) is 0 Å². The molecule has 0 N–H and O–H groups in total. The fraction of sp³-hybridized carbons (Fsp3) is 0.545. The molecule has 0 aromatic carbocycles. The summed E-state index contributed by atoms with van der Waals surface area (Å²) < 4.78 is 5.36. The van der Waals surface area contributed by atoms with E-state index in [-0.39, 0.29) is 5.78 Å². The molecule has 2 atom stereocenters. The lowest BCUT2D eigenvalue weighted by atomic mass is 9.95. The number of rotatable bonds is 1. The molecule has 0 spiro atoms. The molecule has 2 heteroatoms. The maximum absolute atomic E-state index is 11.7. The van der Waals surface area contributed by atoms with Gasteiger partial charge >= 0.3 is 0 Å². The second kappa shape index (κ2) is 2.81. The minimum atomic E-state index is -0.637. The van der Waals surface area contributed by atoms with Gasteiger partial charge in [0, 0.05) is 7.11 Å². The Morgan fingerprint density at radius 2 is 2.38 bits per heavy atom. The predicted molar refractivity (Wildman–Crippen MR) is 50.4 cm³/mol. The quantitative estimate of drug-likeness (QED) is 0.573. The van der Waals surface area contributed by atoms with Crippen LogP contribution in [-0.4, -0.2) is 18.5 Å². The second-order valence-corrected chi connectivity index (χ2v) is 3.89. The summed E-state index contributed by atoms with van der Waals surface area (Å²) >= 11 is 0. The third-order valence-electron chi connectivity index (χ3n) is 3.13. The molecule has 0 saturated heterocycles. The Balaban J connectivity index is 2.43. The molecule has 0 fully saturated rings. The highest BCUT2D eigenvalue weighted by molar-refractivity contribution is 5.99. The third kappa shape index (κ3) is 1.17. The second-order valence-electron chi connectivity index (χ2n) is 3.89. The summed E-state index contributed by atoms with van der Waals surface area (Å²) in [7, 11) is 1.61. The highest BCUT2D eigenvalue weighted by atomic mass is 16.5. The lowest BCUT2D eigenvalue weighted by Gasteiger charge is -2.22. The molecular formula is C11H14O2. The number of hydrogen-bond acceptors (Lipinski definition) is 2. The van der Waals surface area contributed by atoms with Crippen molar-refractivity contribution in [2.75, 3.05) is 7.11 Å². The molecule has 2 aliphatic rings. The number of fused-ring (bicyclic) bond motifs is 2. The van der Waals surface area contributed by atoms with Gasteiger partial charge in [-0.2, -0.15) is 0 Å². The van der Waals surface area contributed by atoms with Crippen molar-refractivity contribution in [1.82, 2.24) is 0 Å². The van der Waals surface area contributed by atoms with Crippen LogP contribution in [0.15, 0.2) is 23.8 Å². The van der Waals surface area contributed by atoms with Crippen LogP contribution in [0.5, 0.6) is 0 Å². The van der Waals surface area contributed by atoms with Crippen LogP contribution in [-0.2, 0) is 9.53 Å². The molecule has 0 aliphatic heterocycles. The minimum Gasteiger partial charge on any atom is -0.366 e. The van der Waals surface area contributed by atoms with Crippen molar-refractivity contribution in [3.05, 3.63) is 23.8 Å². The monoisotopic (exact) mass is 178 g/mol. The van der Waals surface area contributed by atoms with Crippen LogP contribution in [0, 0.1) is 5.92 Å². The number of ether oxygens (including phenoxy) is 1. The van der Waals surface area contributed by atoms with E-state index in [0.717, 1.165) is 12.8 Å². The Labute approximate surface area is 78.3 Å². The van der Waals surface area contributed by atoms with Crippen molar-refractivity contribution >= 4 is 5.78 Å². The van der Waals surface area contributed by atoms with Gasteiger partial charge in [0.05, 0.1) is 0 Å². The van der Waals surface area contributed by atoms with Gasteiger partial charge in [-0.15, -0.1) is 0 Å². The highest BCUT2D eigenvalue weighted by Crippen LogP contribution is 2.40. The maximum atomic E-state index is 11.7. The molecule has 0 aromatic rings. The maximum Gasteiger partial charge on any atom is 0.191 e. The van der Waals surface area contributed by atoms with E-state index in [1.165, 1.54) is 5.57 Å². The van der Waals surface area contributed by atoms with Gasteiger partial charge in [-0.3, -0.25) is 4.79 Å². The van der Waals surface area contributed by atoms with Gasteiger partial charge < -0.3 is 4.74 Å². The van der Waals surface area contributed by atoms with Crippen LogP contribution in [0.4, 0.5) is 0 Å². The summed E-state index contributed by atoms with van der Waals surface area (Å²) in [4.78, 5) is 11.7. The van der Waals surface area contributed by atoms with Crippen molar-refractivity contribution in [2.45, 2.75) is 25.4 Å². The van der Waals surface area contributed by atoms with Crippen LogP contribution in [0.1, 0.15) is 19.8 Å². The van der Waals surface area contributed by atoms with Crippen molar-refractivity contribution in [2.24, 2.45) is 5.92 Å². The van der Waals surface area contributed by atoms with Crippen LogP contribution >= 0.6 is 0 Å². The summed E-state index contributed by atoms with van der Waals surface area (Å²) in [6, 6.07) is 0. The topological polar surface area (TPSA) is 26.3 Å². The van der Waals surface area contributed by atoms with Gasteiger partial charge in [0.15, 0.2) is 5.78 Å². The Kier molecular flexibility index (Phi) is 1.88. The van der Waals surface area contributed by atoms with Gasteiger partial charge in [-0.25, -0.2) is 0 Å². The Morgan fingerprint density at radius 3 is 3.08 bits per heavy atom. The lowest BCUT2D eigenvalue weighted by molar-refractivity contribution is -0.130. The standard InChI is InChI=1S/C11H14O2/c1-8-6-11(13-2)7-9(8)4-3-5-10(11)12/h3,5-6,9H,4,7H2,1-2H3. The van der Waals surface area contributed by atoms with E-state index < -0.39 is 5.60 Å². The van der Waals surface area contributed by atoms with Gasteiger partial charge in [0.2, 0.25) is 0 Å². The van der Waals surface area contributed by atoms with Gasteiger partial charge in [-0.1, -0.05) is 11.6 Å². The summed E-state index contributed by atoms with van der Waals surface area (Å²) in [6.07, 6.45) is 7.40. The molecule has 2 aliphatic carbocycles. The molecule has 0 radical (unpaired) electrons. The Morgan fingerprint density at radius 1 is 1.62 bits per heavy atom. The first-order valence-corrected chi connectivity index (χ1v) is 4.63. The minimum absolute atomic E-state index is 0.0920. The van der Waals surface area contributed by atoms with Crippen molar-refractivity contribution < 1.29 is 9.53 Å². The molecule has 0 heterocycles. The van der Waals surface area contributed by atoms with Crippen molar-refractivity contribution in [1.29, 1.82) is 0 Å².